The minimum absolute atomic E-state index is 0.0126. The molecule has 0 spiro atoms. The Morgan fingerprint density at radius 2 is 2.09 bits per heavy atom. The number of nitrogens with two attached hydrogens (primary N) is 1. The van der Waals surface area contributed by atoms with Crippen LogP contribution in [-0.2, 0) is 14.8 Å². The predicted molar refractivity (Wildman–Crippen MR) is 92.8 cm³/mol. The standard InChI is InChI=1S/C16H25N3O3S/c1-3-23(21,22)19-15-8-7-14(9-11(15)2)18-16(20)12-5-4-6-13(17)10-12/h7-9,12-13,19H,3-6,10,17H2,1-2H3,(H,18,20). The van der Waals surface area contributed by atoms with Gasteiger partial charge in [0.2, 0.25) is 15.9 Å². The Morgan fingerprint density at radius 3 is 2.70 bits per heavy atom. The number of rotatable bonds is 5. The average Bonchev–Trinajstić information content (AvgIpc) is 2.50. The number of hydrogen-bond donors (Lipinski definition) is 3. The lowest BCUT2D eigenvalue weighted by Gasteiger charge is -2.25. The van der Waals surface area contributed by atoms with E-state index < -0.39 is 10.0 Å². The van der Waals surface area contributed by atoms with Gasteiger partial charge in [0.15, 0.2) is 0 Å². The Hall–Kier alpha value is -1.60. The summed E-state index contributed by atoms with van der Waals surface area (Å²) in [7, 11) is -3.31. The van der Waals surface area contributed by atoms with Crippen molar-refractivity contribution in [3.05, 3.63) is 23.8 Å². The first-order chi connectivity index (χ1) is 10.8. The molecule has 4 N–H and O–H groups in total. The molecule has 2 rings (SSSR count). The zero-order valence-electron chi connectivity index (χ0n) is 13.6. The summed E-state index contributed by atoms with van der Waals surface area (Å²) in [6.07, 6.45) is 3.55. The minimum Gasteiger partial charge on any atom is -0.328 e. The Labute approximate surface area is 137 Å². The largest absolute Gasteiger partial charge is 0.328 e. The third kappa shape index (κ3) is 4.94. The lowest BCUT2D eigenvalue weighted by Crippen LogP contribution is -2.34. The molecule has 1 aromatic rings. The van der Waals surface area contributed by atoms with Crippen molar-refractivity contribution in [1.29, 1.82) is 0 Å². The number of nitrogens with one attached hydrogen (secondary N) is 2. The first-order valence-corrected chi connectivity index (χ1v) is 9.63. The summed E-state index contributed by atoms with van der Waals surface area (Å²) < 4.78 is 25.8. The lowest BCUT2D eigenvalue weighted by atomic mass is 9.85. The van der Waals surface area contributed by atoms with E-state index in [9.17, 15) is 13.2 Å². The fraction of sp³-hybridized carbons (Fsp3) is 0.562. The molecule has 1 aliphatic carbocycles. The van der Waals surface area contributed by atoms with E-state index in [1.807, 2.05) is 0 Å². The van der Waals surface area contributed by atoms with Crippen LogP contribution in [0.3, 0.4) is 0 Å². The summed E-state index contributed by atoms with van der Waals surface area (Å²) in [6, 6.07) is 5.26. The van der Waals surface area contributed by atoms with E-state index in [4.69, 9.17) is 5.73 Å². The third-order valence-corrected chi connectivity index (χ3v) is 5.52. The van der Waals surface area contributed by atoms with E-state index in [0.29, 0.717) is 11.4 Å². The van der Waals surface area contributed by atoms with Gasteiger partial charge in [0.05, 0.1) is 11.4 Å². The molecule has 0 aliphatic heterocycles. The van der Waals surface area contributed by atoms with Crippen molar-refractivity contribution in [3.63, 3.8) is 0 Å². The molecular formula is C16H25N3O3S. The number of sulfonamides is 1. The summed E-state index contributed by atoms with van der Waals surface area (Å²) in [4.78, 5) is 12.3. The van der Waals surface area contributed by atoms with Crippen molar-refractivity contribution in [2.75, 3.05) is 15.8 Å². The first kappa shape index (κ1) is 17.7. The van der Waals surface area contributed by atoms with Crippen LogP contribution in [0.5, 0.6) is 0 Å². The molecule has 2 atom stereocenters. The highest BCUT2D eigenvalue weighted by molar-refractivity contribution is 7.92. The van der Waals surface area contributed by atoms with Crippen LogP contribution in [-0.4, -0.2) is 26.1 Å². The zero-order chi connectivity index (χ0) is 17.0. The van der Waals surface area contributed by atoms with Crippen LogP contribution < -0.4 is 15.8 Å². The molecule has 0 aromatic heterocycles. The molecule has 0 bridgehead atoms. The molecule has 0 radical (unpaired) electrons. The summed E-state index contributed by atoms with van der Waals surface area (Å²) in [5, 5.41) is 2.91. The van der Waals surface area contributed by atoms with Gasteiger partial charge in [-0.2, -0.15) is 0 Å². The smallest absolute Gasteiger partial charge is 0.232 e. The molecule has 1 fully saturated rings. The van der Waals surface area contributed by atoms with Crippen LogP contribution >= 0.6 is 0 Å². The Morgan fingerprint density at radius 1 is 1.35 bits per heavy atom. The number of hydrogen-bond acceptors (Lipinski definition) is 4. The van der Waals surface area contributed by atoms with E-state index in [1.54, 1.807) is 32.0 Å². The fourth-order valence-corrected chi connectivity index (χ4v) is 3.51. The number of amides is 1. The van der Waals surface area contributed by atoms with Crippen LogP contribution in [0.15, 0.2) is 18.2 Å². The molecule has 1 aromatic carbocycles. The first-order valence-electron chi connectivity index (χ1n) is 7.98. The Bertz CT molecular complexity index is 673. The second kappa shape index (κ2) is 7.31. The van der Waals surface area contributed by atoms with Gasteiger partial charge in [-0.25, -0.2) is 8.42 Å². The predicted octanol–water partition coefficient (Wildman–Crippen LogP) is 2.21. The van der Waals surface area contributed by atoms with Crippen molar-refractivity contribution >= 4 is 27.3 Å². The highest BCUT2D eigenvalue weighted by Gasteiger charge is 2.25. The van der Waals surface area contributed by atoms with E-state index >= 15 is 0 Å². The molecule has 2 unspecified atom stereocenters. The quantitative estimate of drug-likeness (QED) is 0.765. The molecule has 1 amide bonds. The van der Waals surface area contributed by atoms with E-state index in [-0.39, 0.29) is 23.6 Å². The van der Waals surface area contributed by atoms with E-state index in [1.165, 1.54) is 0 Å². The van der Waals surface area contributed by atoms with Crippen molar-refractivity contribution in [2.24, 2.45) is 11.7 Å². The molecule has 1 saturated carbocycles. The van der Waals surface area contributed by atoms with Gasteiger partial charge in [0, 0.05) is 17.6 Å². The van der Waals surface area contributed by atoms with Gasteiger partial charge in [0.25, 0.3) is 0 Å². The summed E-state index contributed by atoms with van der Waals surface area (Å²) >= 11 is 0. The van der Waals surface area contributed by atoms with Crippen LogP contribution in [0.4, 0.5) is 11.4 Å². The molecular weight excluding hydrogens is 314 g/mol. The maximum atomic E-state index is 12.3. The minimum atomic E-state index is -3.31. The molecule has 128 valence electrons. The van der Waals surface area contributed by atoms with Gasteiger partial charge in [0.1, 0.15) is 0 Å². The van der Waals surface area contributed by atoms with Gasteiger partial charge in [-0.3, -0.25) is 9.52 Å². The van der Waals surface area contributed by atoms with Crippen molar-refractivity contribution in [2.45, 2.75) is 45.6 Å². The molecule has 23 heavy (non-hydrogen) atoms. The van der Waals surface area contributed by atoms with Gasteiger partial charge < -0.3 is 11.1 Å². The molecule has 0 saturated heterocycles. The molecule has 6 nitrogen and oxygen atoms in total. The summed E-state index contributed by atoms with van der Waals surface area (Å²) in [5.74, 6) is -0.0360. The summed E-state index contributed by atoms with van der Waals surface area (Å²) in [6.45, 7) is 3.39. The number of benzene rings is 1. The molecule has 7 heteroatoms. The van der Waals surface area contributed by atoms with Gasteiger partial charge in [-0.1, -0.05) is 6.42 Å². The van der Waals surface area contributed by atoms with Gasteiger partial charge in [-0.05, 0) is 56.9 Å². The maximum Gasteiger partial charge on any atom is 0.232 e. The lowest BCUT2D eigenvalue weighted by molar-refractivity contribution is -0.120. The van der Waals surface area contributed by atoms with Crippen LogP contribution in [0.25, 0.3) is 0 Å². The topological polar surface area (TPSA) is 101 Å². The fourth-order valence-electron chi connectivity index (χ4n) is 2.81. The monoisotopic (exact) mass is 339 g/mol. The second-order valence-electron chi connectivity index (χ2n) is 6.15. The Kier molecular flexibility index (Phi) is 5.64. The van der Waals surface area contributed by atoms with Crippen molar-refractivity contribution < 1.29 is 13.2 Å². The number of carbonyl (C=O) groups is 1. The van der Waals surface area contributed by atoms with Crippen molar-refractivity contribution in [3.8, 4) is 0 Å². The SMILES string of the molecule is CCS(=O)(=O)Nc1ccc(NC(=O)C2CCCC(N)C2)cc1C. The summed E-state index contributed by atoms with van der Waals surface area (Å²) in [5.41, 5.74) is 7.90. The highest BCUT2D eigenvalue weighted by Crippen LogP contribution is 2.26. The van der Waals surface area contributed by atoms with Gasteiger partial charge >= 0.3 is 0 Å². The van der Waals surface area contributed by atoms with Crippen LogP contribution in [0.2, 0.25) is 0 Å². The van der Waals surface area contributed by atoms with E-state index in [0.717, 1.165) is 31.2 Å². The van der Waals surface area contributed by atoms with Crippen LogP contribution in [0.1, 0.15) is 38.2 Å². The third-order valence-electron chi connectivity index (χ3n) is 4.23. The molecule has 0 heterocycles. The number of carbonyl (C=O) groups excluding carboxylic acids is 1. The normalized spacial score (nSPS) is 21.7. The highest BCUT2D eigenvalue weighted by atomic mass is 32.2. The number of anilines is 2. The number of aryl methyl sites for hydroxylation is 1. The zero-order valence-corrected chi connectivity index (χ0v) is 14.4. The van der Waals surface area contributed by atoms with E-state index in [2.05, 4.69) is 10.0 Å². The molecule has 1 aliphatic rings. The second-order valence-corrected chi connectivity index (χ2v) is 8.16. The maximum absolute atomic E-state index is 12.3. The Balaban J connectivity index is 2.04. The van der Waals surface area contributed by atoms with Crippen molar-refractivity contribution in [1.82, 2.24) is 0 Å². The average molecular weight is 339 g/mol. The van der Waals surface area contributed by atoms with Crippen LogP contribution in [0, 0.1) is 12.8 Å². The van der Waals surface area contributed by atoms with Gasteiger partial charge in [-0.15, -0.1) is 0 Å².